The van der Waals surface area contributed by atoms with Crippen LogP contribution in [0.2, 0.25) is 0 Å². The zero-order valence-electron chi connectivity index (χ0n) is 11.0. The molecule has 5 nitrogen and oxygen atoms in total. The molecule has 0 bridgehead atoms. The first-order valence-corrected chi connectivity index (χ1v) is 6.00. The van der Waals surface area contributed by atoms with E-state index in [-0.39, 0.29) is 11.5 Å². The minimum atomic E-state index is -0.246. The average Bonchev–Trinajstić information content (AvgIpc) is 2.74. The third-order valence-electron chi connectivity index (χ3n) is 3.44. The summed E-state index contributed by atoms with van der Waals surface area (Å²) in [5, 5.41) is 5.07. The number of rotatable bonds is 1. The van der Waals surface area contributed by atoms with E-state index in [2.05, 4.69) is 5.10 Å². The summed E-state index contributed by atoms with van der Waals surface area (Å²) in [7, 11) is 1.70. The second-order valence-electron chi connectivity index (χ2n) is 4.65. The van der Waals surface area contributed by atoms with Gasteiger partial charge >= 0.3 is 5.69 Å². The number of carbonyl (C=O) groups is 1. The second-order valence-corrected chi connectivity index (χ2v) is 4.65. The van der Waals surface area contributed by atoms with E-state index in [4.69, 9.17) is 0 Å². The van der Waals surface area contributed by atoms with Gasteiger partial charge in [0.1, 0.15) is 5.69 Å². The van der Waals surface area contributed by atoms with Crippen LogP contribution >= 0.6 is 0 Å². The van der Waals surface area contributed by atoms with Crippen molar-refractivity contribution in [3.05, 3.63) is 46.0 Å². The number of nitrogens with zero attached hydrogens (tertiary/aromatic N) is 3. The number of aromatic nitrogens is 3. The van der Waals surface area contributed by atoms with Gasteiger partial charge in [0.05, 0.1) is 11.0 Å². The maximum absolute atomic E-state index is 12.3. The lowest BCUT2D eigenvalue weighted by Gasteiger charge is -2.06. The van der Waals surface area contributed by atoms with Gasteiger partial charge < -0.3 is 0 Å². The highest BCUT2D eigenvalue weighted by Crippen LogP contribution is 2.22. The van der Waals surface area contributed by atoms with E-state index >= 15 is 0 Å². The number of Topliss-reactive ketones (excluding diaryl/α,β-unsaturated/α-hetero) is 1. The number of fused-ring (bicyclic) bond motifs is 3. The molecule has 0 fully saturated rings. The molecule has 0 saturated carbocycles. The molecule has 3 aromatic rings. The highest BCUT2D eigenvalue weighted by molar-refractivity contribution is 6.01. The molecule has 96 valence electrons. The third-order valence-corrected chi connectivity index (χ3v) is 3.44. The molecular weight excluding hydrogens is 242 g/mol. The number of ketones is 1. The zero-order chi connectivity index (χ0) is 13.7. The normalized spacial score (nSPS) is 11.3. The minimum Gasteiger partial charge on any atom is -0.295 e. The molecule has 0 radical (unpaired) electrons. The Morgan fingerprint density at radius 1 is 1.26 bits per heavy atom. The van der Waals surface area contributed by atoms with Crippen LogP contribution in [0.15, 0.2) is 29.1 Å². The molecule has 2 heterocycles. The van der Waals surface area contributed by atoms with Crippen molar-refractivity contribution in [1.29, 1.82) is 0 Å². The van der Waals surface area contributed by atoms with E-state index in [1.54, 1.807) is 11.6 Å². The van der Waals surface area contributed by atoms with Crippen molar-refractivity contribution in [2.45, 2.75) is 13.8 Å². The van der Waals surface area contributed by atoms with E-state index in [1.165, 1.54) is 11.4 Å². The van der Waals surface area contributed by atoms with Gasteiger partial charge in [-0.3, -0.25) is 9.36 Å². The maximum Gasteiger partial charge on any atom is 0.349 e. The third kappa shape index (κ3) is 1.44. The van der Waals surface area contributed by atoms with Crippen LogP contribution in [0.3, 0.4) is 0 Å². The molecule has 0 unspecified atom stereocenters. The zero-order valence-corrected chi connectivity index (χ0v) is 11.0. The Morgan fingerprint density at radius 2 is 1.95 bits per heavy atom. The van der Waals surface area contributed by atoms with Crippen molar-refractivity contribution in [2.24, 2.45) is 7.05 Å². The predicted octanol–water partition coefficient (Wildman–Crippen LogP) is 1.70. The molecule has 5 heteroatoms. The molecule has 0 spiro atoms. The standard InChI is InChI=1S/C14H13N3O2/c1-8-12(9(2)18)15-17-13(8)10-6-4-5-7-11(10)16(3)14(17)19/h4-7H,1-3H3. The van der Waals surface area contributed by atoms with Gasteiger partial charge in [0.2, 0.25) is 0 Å². The van der Waals surface area contributed by atoms with Crippen molar-refractivity contribution in [1.82, 2.24) is 14.2 Å². The molecule has 0 aliphatic heterocycles. The smallest absolute Gasteiger partial charge is 0.295 e. The molecule has 0 N–H and O–H groups in total. The van der Waals surface area contributed by atoms with Gasteiger partial charge in [-0.25, -0.2) is 4.79 Å². The second kappa shape index (κ2) is 3.78. The molecule has 2 aromatic heterocycles. The molecule has 0 atom stereocenters. The van der Waals surface area contributed by atoms with Crippen LogP contribution in [0.25, 0.3) is 16.4 Å². The first-order chi connectivity index (χ1) is 9.02. The summed E-state index contributed by atoms with van der Waals surface area (Å²) in [6.45, 7) is 3.28. The monoisotopic (exact) mass is 255 g/mol. The number of aryl methyl sites for hydroxylation is 2. The molecule has 0 aliphatic carbocycles. The molecule has 0 amide bonds. The van der Waals surface area contributed by atoms with Crippen LogP contribution < -0.4 is 5.69 Å². The highest BCUT2D eigenvalue weighted by Gasteiger charge is 2.17. The van der Waals surface area contributed by atoms with E-state index in [1.807, 2.05) is 31.2 Å². The van der Waals surface area contributed by atoms with Crippen LogP contribution in [0.5, 0.6) is 0 Å². The SMILES string of the molecule is CC(=O)c1nn2c(=O)n(C)c3ccccc3c2c1C. The number of hydrogen-bond acceptors (Lipinski definition) is 3. The van der Waals surface area contributed by atoms with Crippen molar-refractivity contribution < 1.29 is 4.79 Å². The number of benzene rings is 1. The Kier molecular flexibility index (Phi) is 2.32. The van der Waals surface area contributed by atoms with Crippen LogP contribution in [-0.2, 0) is 7.05 Å². The quantitative estimate of drug-likeness (QED) is 0.622. The van der Waals surface area contributed by atoms with Gasteiger partial charge in [-0.15, -0.1) is 0 Å². The first kappa shape index (κ1) is 11.6. The Balaban J connectivity index is 2.68. The Morgan fingerprint density at radius 3 is 2.63 bits per heavy atom. The van der Waals surface area contributed by atoms with Gasteiger partial charge in [0.15, 0.2) is 5.78 Å². The van der Waals surface area contributed by atoms with E-state index < -0.39 is 0 Å². The van der Waals surface area contributed by atoms with Crippen LogP contribution in [0.4, 0.5) is 0 Å². The summed E-state index contributed by atoms with van der Waals surface area (Å²) in [5.74, 6) is -0.132. The topological polar surface area (TPSA) is 56.4 Å². The lowest BCUT2D eigenvalue weighted by Crippen LogP contribution is -2.25. The summed E-state index contributed by atoms with van der Waals surface area (Å²) in [4.78, 5) is 23.9. The predicted molar refractivity (Wildman–Crippen MR) is 72.7 cm³/mol. The van der Waals surface area contributed by atoms with Gasteiger partial charge in [-0.1, -0.05) is 18.2 Å². The fraction of sp³-hybridized carbons (Fsp3) is 0.214. The molecular formula is C14H13N3O2. The fourth-order valence-corrected chi connectivity index (χ4v) is 2.50. The number of para-hydroxylation sites is 1. The average molecular weight is 255 g/mol. The summed E-state index contributed by atoms with van der Waals surface area (Å²) >= 11 is 0. The first-order valence-electron chi connectivity index (χ1n) is 6.00. The molecule has 1 aromatic carbocycles. The maximum atomic E-state index is 12.3. The van der Waals surface area contributed by atoms with Crippen LogP contribution in [0.1, 0.15) is 23.0 Å². The Labute approximate surface area is 109 Å². The number of carbonyl (C=O) groups excluding carboxylic acids is 1. The van der Waals surface area contributed by atoms with Gasteiger partial charge in [0, 0.05) is 24.9 Å². The van der Waals surface area contributed by atoms with E-state index in [0.29, 0.717) is 11.2 Å². The highest BCUT2D eigenvalue weighted by atomic mass is 16.2. The summed E-state index contributed by atoms with van der Waals surface area (Å²) < 4.78 is 2.85. The largest absolute Gasteiger partial charge is 0.349 e. The van der Waals surface area contributed by atoms with Crippen molar-refractivity contribution >= 4 is 22.2 Å². The van der Waals surface area contributed by atoms with E-state index in [0.717, 1.165) is 16.5 Å². The molecule has 19 heavy (non-hydrogen) atoms. The lowest BCUT2D eigenvalue weighted by atomic mass is 10.1. The summed E-state index contributed by atoms with van der Waals surface area (Å²) in [6, 6.07) is 7.61. The van der Waals surface area contributed by atoms with Crippen LogP contribution in [0, 0.1) is 6.92 Å². The van der Waals surface area contributed by atoms with Gasteiger partial charge in [-0.2, -0.15) is 9.61 Å². The Bertz CT molecular complexity index is 887. The Hall–Kier alpha value is -2.43. The molecule has 0 aliphatic rings. The van der Waals surface area contributed by atoms with Gasteiger partial charge in [0.25, 0.3) is 0 Å². The molecule has 3 rings (SSSR count). The van der Waals surface area contributed by atoms with Crippen LogP contribution in [-0.4, -0.2) is 20.0 Å². The van der Waals surface area contributed by atoms with Crippen molar-refractivity contribution in [3.63, 3.8) is 0 Å². The summed E-state index contributed by atoms with van der Waals surface area (Å²) in [5.41, 5.74) is 2.40. The van der Waals surface area contributed by atoms with Gasteiger partial charge in [-0.05, 0) is 13.0 Å². The minimum absolute atomic E-state index is 0.132. The lowest BCUT2D eigenvalue weighted by molar-refractivity contribution is 0.101. The number of hydrogen-bond donors (Lipinski definition) is 0. The summed E-state index contributed by atoms with van der Waals surface area (Å²) in [6.07, 6.45) is 0. The molecule has 0 saturated heterocycles. The van der Waals surface area contributed by atoms with E-state index in [9.17, 15) is 9.59 Å². The fourth-order valence-electron chi connectivity index (χ4n) is 2.50. The van der Waals surface area contributed by atoms with Crippen molar-refractivity contribution in [2.75, 3.05) is 0 Å². The van der Waals surface area contributed by atoms with Crippen molar-refractivity contribution in [3.8, 4) is 0 Å².